The molecule has 0 fully saturated rings. The van der Waals surface area contributed by atoms with Crippen LogP contribution < -0.4 is 14.7 Å². The highest BCUT2D eigenvalue weighted by Crippen LogP contribution is 2.19. The SMILES string of the molecule is BNCCOc1cccc(OCCOCCCC)c1. The summed E-state index contributed by atoms with van der Waals surface area (Å²) in [5.41, 5.74) is 0. The summed E-state index contributed by atoms with van der Waals surface area (Å²) in [6.45, 7) is 5.65. The first kappa shape index (κ1) is 15.9. The summed E-state index contributed by atoms with van der Waals surface area (Å²) in [6, 6.07) is 7.70. The van der Waals surface area contributed by atoms with E-state index < -0.39 is 0 Å². The van der Waals surface area contributed by atoms with Crippen molar-refractivity contribution in [1.29, 1.82) is 0 Å². The lowest BCUT2D eigenvalue weighted by atomic mass is 10.3. The van der Waals surface area contributed by atoms with Crippen LogP contribution in [-0.4, -0.2) is 41.0 Å². The molecular weight excluding hydrogens is 241 g/mol. The molecule has 0 aliphatic carbocycles. The average molecular weight is 265 g/mol. The lowest BCUT2D eigenvalue weighted by Gasteiger charge is -2.09. The molecule has 0 saturated heterocycles. The van der Waals surface area contributed by atoms with Gasteiger partial charge in [0.25, 0.3) is 0 Å². The van der Waals surface area contributed by atoms with E-state index >= 15 is 0 Å². The maximum Gasteiger partial charge on any atom is 0.182 e. The predicted octanol–water partition coefficient (Wildman–Crippen LogP) is 1.40. The molecule has 1 rings (SSSR count). The number of benzene rings is 1. The second-order valence-electron chi connectivity index (χ2n) is 4.24. The van der Waals surface area contributed by atoms with Gasteiger partial charge in [-0.15, -0.1) is 0 Å². The molecule has 4 nitrogen and oxygen atoms in total. The largest absolute Gasteiger partial charge is 0.492 e. The summed E-state index contributed by atoms with van der Waals surface area (Å²) in [4.78, 5) is 0. The zero-order valence-electron chi connectivity index (χ0n) is 12.0. The molecule has 0 radical (unpaired) electrons. The molecule has 106 valence electrons. The van der Waals surface area contributed by atoms with Gasteiger partial charge >= 0.3 is 0 Å². The minimum absolute atomic E-state index is 0.573. The highest BCUT2D eigenvalue weighted by Gasteiger charge is 1.98. The van der Waals surface area contributed by atoms with Gasteiger partial charge in [-0.3, -0.25) is 0 Å². The molecule has 19 heavy (non-hydrogen) atoms. The lowest BCUT2D eigenvalue weighted by Crippen LogP contribution is -2.17. The Kier molecular flexibility index (Phi) is 8.93. The van der Waals surface area contributed by atoms with Gasteiger partial charge < -0.3 is 19.4 Å². The minimum atomic E-state index is 0.573. The molecular formula is C14H24BNO3. The van der Waals surface area contributed by atoms with Crippen LogP contribution in [0.3, 0.4) is 0 Å². The van der Waals surface area contributed by atoms with Crippen LogP contribution in [0.15, 0.2) is 24.3 Å². The van der Waals surface area contributed by atoms with E-state index in [1.165, 1.54) is 0 Å². The van der Waals surface area contributed by atoms with Crippen molar-refractivity contribution >= 4 is 7.98 Å². The summed E-state index contributed by atoms with van der Waals surface area (Å²) >= 11 is 0. The second kappa shape index (κ2) is 10.7. The van der Waals surface area contributed by atoms with Crippen LogP contribution in [0.5, 0.6) is 11.5 Å². The molecule has 0 spiro atoms. The van der Waals surface area contributed by atoms with Gasteiger partial charge in [0.2, 0.25) is 0 Å². The van der Waals surface area contributed by atoms with E-state index in [0.29, 0.717) is 19.8 Å². The van der Waals surface area contributed by atoms with E-state index in [0.717, 1.165) is 37.5 Å². The van der Waals surface area contributed by atoms with Gasteiger partial charge in [0.05, 0.1) is 13.2 Å². The fraction of sp³-hybridized carbons (Fsp3) is 0.571. The fourth-order valence-electron chi connectivity index (χ4n) is 1.49. The van der Waals surface area contributed by atoms with Crippen LogP contribution in [0.1, 0.15) is 19.8 Å². The van der Waals surface area contributed by atoms with Gasteiger partial charge in [0.15, 0.2) is 7.98 Å². The van der Waals surface area contributed by atoms with Gasteiger partial charge in [0.1, 0.15) is 18.1 Å². The standard InChI is InChI=1S/C14H24BNO3/c1-2-3-8-17-10-11-19-14-6-4-5-13(12-14)18-9-7-16-15/h4-6,12,16H,2-3,7-11,15H2,1H3. The maximum absolute atomic E-state index is 5.61. The number of rotatable bonds is 11. The maximum atomic E-state index is 5.61. The highest BCUT2D eigenvalue weighted by atomic mass is 16.5. The average Bonchev–Trinajstić information content (AvgIpc) is 2.43. The number of ether oxygens (including phenoxy) is 3. The number of hydrogen-bond donors (Lipinski definition) is 1. The van der Waals surface area contributed by atoms with Gasteiger partial charge in [-0.05, 0) is 18.6 Å². The Morgan fingerprint density at radius 2 is 1.79 bits per heavy atom. The predicted molar refractivity (Wildman–Crippen MR) is 79.7 cm³/mol. The van der Waals surface area contributed by atoms with Crippen LogP contribution in [0.2, 0.25) is 0 Å². The van der Waals surface area contributed by atoms with Gasteiger partial charge in [-0.2, -0.15) is 0 Å². The summed E-state index contributed by atoms with van der Waals surface area (Å²) in [6.07, 6.45) is 2.27. The Morgan fingerprint density at radius 3 is 2.47 bits per heavy atom. The van der Waals surface area contributed by atoms with Crippen LogP contribution in [0.4, 0.5) is 0 Å². The lowest BCUT2D eigenvalue weighted by molar-refractivity contribution is 0.0979. The van der Waals surface area contributed by atoms with E-state index in [-0.39, 0.29) is 0 Å². The van der Waals surface area contributed by atoms with Crippen molar-refractivity contribution in [2.24, 2.45) is 0 Å². The third kappa shape index (κ3) is 7.75. The molecule has 0 heterocycles. The van der Waals surface area contributed by atoms with Crippen LogP contribution >= 0.6 is 0 Å². The molecule has 0 aliphatic rings. The van der Waals surface area contributed by atoms with Crippen LogP contribution in [-0.2, 0) is 4.74 Å². The summed E-state index contributed by atoms with van der Waals surface area (Å²) in [5.74, 6) is 1.65. The molecule has 0 bridgehead atoms. The Balaban J connectivity index is 2.20. The third-order valence-electron chi connectivity index (χ3n) is 2.56. The summed E-state index contributed by atoms with van der Waals surface area (Å²) < 4.78 is 16.6. The molecule has 0 amide bonds. The molecule has 0 aromatic heterocycles. The zero-order valence-corrected chi connectivity index (χ0v) is 12.0. The van der Waals surface area contributed by atoms with Crippen LogP contribution in [0.25, 0.3) is 0 Å². The molecule has 1 N–H and O–H groups in total. The number of nitrogens with one attached hydrogen (secondary N) is 1. The normalized spacial score (nSPS) is 10.4. The van der Waals surface area contributed by atoms with Crippen molar-refractivity contribution in [1.82, 2.24) is 5.23 Å². The second-order valence-corrected chi connectivity index (χ2v) is 4.24. The van der Waals surface area contributed by atoms with Gasteiger partial charge in [0, 0.05) is 19.2 Å². The van der Waals surface area contributed by atoms with Gasteiger partial charge in [-0.25, -0.2) is 0 Å². The van der Waals surface area contributed by atoms with Crippen molar-refractivity contribution in [3.8, 4) is 11.5 Å². The number of hydrogen-bond acceptors (Lipinski definition) is 4. The quantitative estimate of drug-likeness (QED) is 0.485. The summed E-state index contributed by atoms with van der Waals surface area (Å²) in [7, 11) is 1.90. The first-order chi connectivity index (χ1) is 9.36. The third-order valence-corrected chi connectivity index (χ3v) is 2.56. The van der Waals surface area contributed by atoms with Crippen molar-refractivity contribution in [3.63, 3.8) is 0 Å². The first-order valence-electron chi connectivity index (χ1n) is 6.94. The Hall–Kier alpha value is -1.20. The van der Waals surface area contributed by atoms with E-state index in [9.17, 15) is 0 Å². The van der Waals surface area contributed by atoms with E-state index in [1.54, 1.807) is 0 Å². The monoisotopic (exact) mass is 265 g/mol. The van der Waals surface area contributed by atoms with Crippen molar-refractivity contribution in [3.05, 3.63) is 24.3 Å². The first-order valence-corrected chi connectivity index (χ1v) is 6.94. The molecule has 0 atom stereocenters. The molecule has 0 unspecified atom stereocenters. The van der Waals surface area contributed by atoms with Crippen LogP contribution in [0, 0.1) is 0 Å². The highest BCUT2D eigenvalue weighted by molar-refractivity contribution is 6.04. The van der Waals surface area contributed by atoms with E-state index in [2.05, 4.69) is 12.2 Å². The topological polar surface area (TPSA) is 39.7 Å². The Labute approximate surface area is 116 Å². The van der Waals surface area contributed by atoms with Crippen molar-refractivity contribution in [2.45, 2.75) is 19.8 Å². The zero-order chi connectivity index (χ0) is 13.8. The smallest absolute Gasteiger partial charge is 0.182 e. The number of unbranched alkanes of at least 4 members (excludes halogenated alkanes) is 1. The van der Waals surface area contributed by atoms with E-state index in [1.807, 2.05) is 32.2 Å². The molecule has 5 heteroatoms. The fourth-order valence-corrected chi connectivity index (χ4v) is 1.49. The molecule has 1 aromatic carbocycles. The van der Waals surface area contributed by atoms with Crippen molar-refractivity contribution in [2.75, 3.05) is 33.0 Å². The molecule has 0 saturated carbocycles. The molecule has 0 aliphatic heterocycles. The minimum Gasteiger partial charge on any atom is -0.492 e. The van der Waals surface area contributed by atoms with Crippen molar-refractivity contribution < 1.29 is 14.2 Å². The van der Waals surface area contributed by atoms with E-state index in [4.69, 9.17) is 14.2 Å². The Bertz CT molecular complexity index is 336. The summed E-state index contributed by atoms with van der Waals surface area (Å²) in [5, 5.41) is 3.04. The molecule has 1 aromatic rings. The Morgan fingerprint density at radius 1 is 1.05 bits per heavy atom. The van der Waals surface area contributed by atoms with Gasteiger partial charge in [-0.1, -0.05) is 19.4 Å².